The molecule has 9 nitrogen and oxygen atoms in total. The van der Waals surface area contributed by atoms with Gasteiger partial charge < -0.3 is 24.8 Å². The minimum atomic E-state index is -0.110. The molecule has 4 atom stereocenters. The fourth-order valence-electron chi connectivity index (χ4n) is 5.39. The zero-order chi connectivity index (χ0) is 26.2. The maximum atomic E-state index is 11.3. The second-order valence-electron chi connectivity index (χ2n) is 10.6. The predicted octanol–water partition coefficient (Wildman–Crippen LogP) is 1.90. The highest BCUT2D eigenvalue weighted by molar-refractivity contribution is 5.77. The van der Waals surface area contributed by atoms with Gasteiger partial charge in [0.1, 0.15) is 13.2 Å². The largest absolute Gasteiger partial charge is 0.378 e. The van der Waals surface area contributed by atoms with Crippen LogP contribution in [0.15, 0.2) is 0 Å². The Balaban J connectivity index is 1.77. The van der Waals surface area contributed by atoms with E-state index in [-0.39, 0.29) is 25.0 Å². The van der Waals surface area contributed by atoms with Gasteiger partial charge in [-0.05, 0) is 76.4 Å². The number of nitrogens with zero attached hydrogens (tertiary/aromatic N) is 2. The van der Waals surface area contributed by atoms with E-state index in [0.717, 1.165) is 44.3 Å². The molecule has 0 aromatic rings. The smallest absolute Gasteiger partial charge is 0.245 e. The van der Waals surface area contributed by atoms with Crippen molar-refractivity contribution in [2.24, 2.45) is 11.8 Å². The average molecular weight is 513 g/mol. The molecular weight excluding hydrogens is 460 g/mol. The molecule has 210 valence electrons. The highest BCUT2D eigenvalue weighted by atomic mass is 16.5. The molecule has 0 bridgehead atoms. The van der Waals surface area contributed by atoms with E-state index in [1.54, 1.807) is 14.1 Å². The minimum Gasteiger partial charge on any atom is -0.378 e. The lowest BCUT2D eigenvalue weighted by Crippen LogP contribution is -2.58. The summed E-state index contributed by atoms with van der Waals surface area (Å²) < 4.78 is 16.6. The van der Waals surface area contributed by atoms with E-state index >= 15 is 0 Å². The number of hydrogen-bond donors (Lipinski definition) is 2. The van der Waals surface area contributed by atoms with E-state index < -0.39 is 0 Å². The van der Waals surface area contributed by atoms with Crippen molar-refractivity contribution in [2.75, 3.05) is 79.9 Å². The standard InChI is InChI=1S/C27H52N4O5/c1-22-8-11-30(10-6-5-7-14-35-20-26(32)28-3)24(18-22)25-19-23(2)9-12-31(25)13-15-34-16-17-36-21-27(33)29-4/h22-25H,5-21H2,1-4H3,(H,28,32)(H,29,33)/t22-,23+,24?,25?/m1/s1. The molecule has 2 N–H and O–H groups in total. The number of likely N-dealkylation sites (N-methyl/N-ethyl adjacent to an activating group) is 2. The normalized spacial score (nSPS) is 25.6. The number of hydrogen-bond acceptors (Lipinski definition) is 7. The number of ether oxygens (including phenoxy) is 3. The van der Waals surface area contributed by atoms with Crippen LogP contribution >= 0.6 is 0 Å². The van der Waals surface area contributed by atoms with Crippen LogP contribution in [0.25, 0.3) is 0 Å². The molecule has 0 radical (unpaired) electrons. The van der Waals surface area contributed by atoms with Gasteiger partial charge in [-0.3, -0.25) is 19.4 Å². The van der Waals surface area contributed by atoms with E-state index in [1.807, 2.05) is 0 Å². The number of piperidine rings is 2. The number of rotatable bonds is 17. The molecule has 0 spiro atoms. The summed E-state index contributed by atoms with van der Waals surface area (Å²) in [6, 6.07) is 1.19. The molecule has 0 aromatic carbocycles. The molecule has 0 aromatic heterocycles. The summed E-state index contributed by atoms with van der Waals surface area (Å²) in [6.45, 7) is 11.8. The topological polar surface area (TPSA) is 92.4 Å². The van der Waals surface area contributed by atoms with E-state index in [2.05, 4.69) is 34.3 Å². The van der Waals surface area contributed by atoms with Gasteiger partial charge in [0, 0.05) is 39.3 Å². The number of amides is 2. The summed E-state index contributed by atoms with van der Waals surface area (Å²) >= 11 is 0. The number of carbonyl (C=O) groups is 2. The Labute approximate surface area is 218 Å². The molecule has 2 aliphatic rings. The van der Waals surface area contributed by atoms with Crippen molar-refractivity contribution in [3.63, 3.8) is 0 Å². The highest BCUT2D eigenvalue weighted by Crippen LogP contribution is 2.33. The molecule has 36 heavy (non-hydrogen) atoms. The first-order valence-corrected chi connectivity index (χ1v) is 14.1. The van der Waals surface area contributed by atoms with Crippen LogP contribution in [0.3, 0.4) is 0 Å². The number of likely N-dealkylation sites (tertiary alicyclic amines) is 2. The Morgan fingerprint density at radius 1 is 0.694 bits per heavy atom. The second kappa shape index (κ2) is 18.1. The monoisotopic (exact) mass is 512 g/mol. The van der Waals surface area contributed by atoms with Crippen LogP contribution in [0.5, 0.6) is 0 Å². The maximum Gasteiger partial charge on any atom is 0.245 e. The number of nitrogens with one attached hydrogen (secondary N) is 2. The van der Waals surface area contributed by atoms with E-state index in [4.69, 9.17) is 14.2 Å². The fourth-order valence-corrected chi connectivity index (χ4v) is 5.39. The summed E-state index contributed by atoms with van der Waals surface area (Å²) in [5.41, 5.74) is 0. The van der Waals surface area contributed by atoms with Gasteiger partial charge in [0.15, 0.2) is 0 Å². The number of unbranched alkanes of at least 4 members (excludes halogenated alkanes) is 2. The zero-order valence-electron chi connectivity index (χ0n) is 23.3. The Kier molecular flexibility index (Phi) is 15.5. The molecule has 2 aliphatic heterocycles. The van der Waals surface area contributed by atoms with Gasteiger partial charge in [0.05, 0.1) is 19.8 Å². The van der Waals surface area contributed by atoms with E-state index in [9.17, 15) is 9.59 Å². The second-order valence-corrected chi connectivity index (χ2v) is 10.6. The third-order valence-electron chi connectivity index (χ3n) is 7.64. The Morgan fingerprint density at radius 3 is 1.81 bits per heavy atom. The molecule has 2 rings (SSSR count). The van der Waals surface area contributed by atoms with Crippen molar-refractivity contribution in [2.45, 2.75) is 70.9 Å². The molecule has 2 amide bonds. The van der Waals surface area contributed by atoms with E-state index in [1.165, 1.54) is 38.6 Å². The third-order valence-corrected chi connectivity index (χ3v) is 7.64. The van der Waals surface area contributed by atoms with Gasteiger partial charge in [-0.1, -0.05) is 13.8 Å². The summed E-state index contributed by atoms with van der Waals surface area (Å²) in [5, 5.41) is 5.14. The van der Waals surface area contributed by atoms with Gasteiger partial charge in [-0.15, -0.1) is 0 Å². The van der Waals surface area contributed by atoms with Crippen LogP contribution in [-0.4, -0.2) is 114 Å². The van der Waals surface area contributed by atoms with Gasteiger partial charge in [0.2, 0.25) is 11.8 Å². The van der Waals surface area contributed by atoms with Crippen molar-refractivity contribution >= 4 is 11.8 Å². The maximum absolute atomic E-state index is 11.3. The molecular formula is C27H52N4O5. The SMILES string of the molecule is CNC(=O)COCCCCCN1CC[C@@H](C)CC1C1C[C@@H](C)CCN1CCOCCOCC(=O)NC. The summed E-state index contributed by atoms with van der Waals surface area (Å²) in [5.74, 6) is 1.37. The van der Waals surface area contributed by atoms with Crippen LogP contribution in [-0.2, 0) is 23.8 Å². The molecule has 2 heterocycles. The van der Waals surface area contributed by atoms with E-state index in [0.29, 0.717) is 38.5 Å². The Hall–Kier alpha value is -1.26. The van der Waals surface area contributed by atoms with Crippen molar-refractivity contribution in [3.8, 4) is 0 Å². The molecule has 0 saturated carbocycles. The first kappa shape index (κ1) is 31.0. The predicted molar refractivity (Wildman–Crippen MR) is 142 cm³/mol. The lowest BCUT2D eigenvalue weighted by atomic mass is 9.81. The van der Waals surface area contributed by atoms with Gasteiger partial charge >= 0.3 is 0 Å². The highest BCUT2D eigenvalue weighted by Gasteiger charge is 2.38. The lowest BCUT2D eigenvalue weighted by molar-refractivity contribution is -0.126. The van der Waals surface area contributed by atoms with Crippen LogP contribution in [0.1, 0.15) is 58.8 Å². The first-order chi connectivity index (χ1) is 17.4. The minimum absolute atomic E-state index is 0.0636. The van der Waals surface area contributed by atoms with Gasteiger partial charge in [-0.25, -0.2) is 0 Å². The summed E-state index contributed by atoms with van der Waals surface area (Å²) in [6.07, 6.45) is 8.39. The summed E-state index contributed by atoms with van der Waals surface area (Å²) in [7, 11) is 3.24. The molecule has 9 heteroatoms. The Morgan fingerprint density at radius 2 is 1.22 bits per heavy atom. The van der Waals surface area contributed by atoms with Crippen LogP contribution < -0.4 is 10.6 Å². The fraction of sp³-hybridized carbons (Fsp3) is 0.926. The lowest BCUT2D eigenvalue weighted by Gasteiger charge is -2.49. The van der Waals surface area contributed by atoms with Crippen molar-refractivity contribution in [3.05, 3.63) is 0 Å². The Bertz CT molecular complexity index is 571. The van der Waals surface area contributed by atoms with Gasteiger partial charge in [-0.2, -0.15) is 0 Å². The molecule has 0 aliphatic carbocycles. The average Bonchev–Trinajstić information content (AvgIpc) is 2.88. The zero-order valence-corrected chi connectivity index (χ0v) is 23.3. The van der Waals surface area contributed by atoms with Crippen LogP contribution in [0.2, 0.25) is 0 Å². The van der Waals surface area contributed by atoms with Crippen molar-refractivity contribution in [1.29, 1.82) is 0 Å². The molecule has 2 unspecified atom stereocenters. The van der Waals surface area contributed by atoms with Gasteiger partial charge in [0.25, 0.3) is 0 Å². The number of carbonyl (C=O) groups excluding carboxylic acids is 2. The molecule has 2 fully saturated rings. The molecule has 2 saturated heterocycles. The first-order valence-electron chi connectivity index (χ1n) is 14.1. The van der Waals surface area contributed by atoms with Crippen LogP contribution in [0, 0.1) is 11.8 Å². The summed E-state index contributed by atoms with van der Waals surface area (Å²) in [4.78, 5) is 27.9. The van der Waals surface area contributed by atoms with Crippen molar-refractivity contribution < 1.29 is 23.8 Å². The van der Waals surface area contributed by atoms with Crippen LogP contribution in [0.4, 0.5) is 0 Å². The van der Waals surface area contributed by atoms with Crippen molar-refractivity contribution in [1.82, 2.24) is 20.4 Å². The third kappa shape index (κ3) is 11.9. The quantitative estimate of drug-likeness (QED) is 0.288.